The van der Waals surface area contributed by atoms with Gasteiger partial charge in [-0.05, 0) is 46.1 Å². The number of hydrogen-bond acceptors (Lipinski definition) is 5. The fourth-order valence-electron chi connectivity index (χ4n) is 2.69. The van der Waals surface area contributed by atoms with E-state index in [9.17, 15) is 4.79 Å². The molecule has 2 amide bonds. The molecule has 0 spiro atoms. The topological polar surface area (TPSA) is 70.2 Å². The maximum absolute atomic E-state index is 12.1. The summed E-state index contributed by atoms with van der Waals surface area (Å²) in [5, 5.41) is 15.7. The number of carbonyl (C=O) groups is 1. The van der Waals surface area contributed by atoms with Gasteiger partial charge >= 0.3 is 6.03 Å². The monoisotopic (exact) mass is 309 g/mol. The van der Waals surface area contributed by atoms with Crippen LogP contribution in [0.2, 0.25) is 0 Å². The first-order valence-corrected chi connectivity index (χ1v) is 8.58. The largest absolute Gasteiger partial charge is 0.334 e. The van der Waals surface area contributed by atoms with Gasteiger partial charge in [-0.2, -0.15) is 0 Å². The van der Waals surface area contributed by atoms with Crippen molar-refractivity contribution in [1.82, 2.24) is 20.4 Å². The maximum Gasteiger partial charge on any atom is 0.321 e. The molecule has 1 aliphatic heterocycles. The van der Waals surface area contributed by atoms with E-state index in [1.54, 1.807) is 0 Å². The summed E-state index contributed by atoms with van der Waals surface area (Å²) in [6, 6.07) is 0.586. The first-order valence-electron chi connectivity index (χ1n) is 7.77. The molecule has 3 rings (SSSR count). The maximum atomic E-state index is 12.1. The van der Waals surface area contributed by atoms with Gasteiger partial charge in [-0.3, -0.25) is 10.2 Å². The third-order valence-electron chi connectivity index (χ3n) is 4.11. The molecule has 0 unspecified atom stereocenters. The number of rotatable bonds is 4. The van der Waals surface area contributed by atoms with Gasteiger partial charge < -0.3 is 5.32 Å². The van der Waals surface area contributed by atoms with Gasteiger partial charge in [0.25, 0.3) is 0 Å². The van der Waals surface area contributed by atoms with Crippen LogP contribution in [0.4, 0.5) is 9.93 Å². The van der Waals surface area contributed by atoms with Crippen LogP contribution in [0.15, 0.2) is 0 Å². The lowest BCUT2D eigenvalue weighted by atomic mass is 10.0. The lowest BCUT2D eigenvalue weighted by molar-refractivity contribution is 0.156. The number of urea groups is 1. The Kier molecular flexibility index (Phi) is 4.40. The van der Waals surface area contributed by atoms with Crippen LogP contribution in [0.3, 0.4) is 0 Å². The van der Waals surface area contributed by atoms with E-state index in [1.807, 2.05) is 0 Å². The number of amides is 2. The summed E-state index contributed by atoms with van der Waals surface area (Å²) in [4.78, 5) is 14.5. The van der Waals surface area contributed by atoms with E-state index in [0.717, 1.165) is 30.9 Å². The van der Waals surface area contributed by atoms with E-state index >= 15 is 0 Å². The van der Waals surface area contributed by atoms with Crippen molar-refractivity contribution in [1.29, 1.82) is 0 Å². The van der Waals surface area contributed by atoms with Crippen LogP contribution in [0, 0.1) is 0 Å². The fourth-order valence-corrected chi connectivity index (χ4v) is 3.60. The standard InChI is InChI=1S/C14H23N5OS/c1-9(2)19-7-3-4-11(8-19)15-13(20)16-14-18-17-12(21-14)10-5-6-10/h9-11H,3-8H2,1-2H3,(H2,15,16,18,20)/t11-/m1/s1. The second-order valence-electron chi connectivity index (χ2n) is 6.25. The minimum atomic E-state index is -0.163. The van der Waals surface area contributed by atoms with Crippen LogP contribution >= 0.6 is 11.3 Å². The van der Waals surface area contributed by atoms with Crippen molar-refractivity contribution in [3.63, 3.8) is 0 Å². The molecule has 116 valence electrons. The summed E-state index contributed by atoms with van der Waals surface area (Å²) in [6.45, 7) is 6.44. The molecule has 0 radical (unpaired) electrons. The summed E-state index contributed by atoms with van der Waals surface area (Å²) in [6.07, 6.45) is 4.58. The van der Waals surface area contributed by atoms with Gasteiger partial charge in [-0.25, -0.2) is 4.79 Å². The van der Waals surface area contributed by atoms with Gasteiger partial charge in [-0.15, -0.1) is 10.2 Å². The quantitative estimate of drug-likeness (QED) is 0.896. The number of hydrogen-bond donors (Lipinski definition) is 2. The van der Waals surface area contributed by atoms with Crippen LogP contribution in [-0.2, 0) is 0 Å². The Hall–Kier alpha value is -1.21. The lowest BCUT2D eigenvalue weighted by Crippen LogP contribution is -2.50. The Balaban J connectivity index is 1.48. The second-order valence-corrected chi connectivity index (χ2v) is 7.26. The molecule has 2 fully saturated rings. The second kappa shape index (κ2) is 6.27. The minimum absolute atomic E-state index is 0.163. The highest BCUT2D eigenvalue weighted by Crippen LogP contribution is 2.41. The molecular formula is C14H23N5OS. The van der Waals surface area contributed by atoms with Crippen molar-refractivity contribution in [2.45, 2.75) is 57.5 Å². The predicted octanol–water partition coefficient (Wildman–Crippen LogP) is 2.41. The Bertz CT molecular complexity index is 499. The Morgan fingerprint density at radius 1 is 1.33 bits per heavy atom. The molecule has 1 aromatic rings. The van der Waals surface area contributed by atoms with E-state index < -0.39 is 0 Å². The van der Waals surface area contributed by atoms with Crippen LogP contribution in [0.1, 0.15) is 50.5 Å². The van der Waals surface area contributed by atoms with Crippen molar-refractivity contribution in [2.75, 3.05) is 18.4 Å². The molecule has 0 aromatic carbocycles. The number of anilines is 1. The minimum Gasteiger partial charge on any atom is -0.334 e. The van der Waals surface area contributed by atoms with E-state index in [4.69, 9.17) is 0 Å². The van der Waals surface area contributed by atoms with Gasteiger partial charge in [0.2, 0.25) is 5.13 Å². The highest BCUT2D eigenvalue weighted by atomic mass is 32.1. The zero-order valence-corrected chi connectivity index (χ0v) is 13.4. The average Bonchev–Trinajstić information content (AvgIpc) is 3.20. The van der Waals surface area contributed by atoms with Crippen LogP contribution < -0.4 is 10.6 Å². The molecular weight excluding hydrogens is 286 g/mol. The molecule has 2 heterocycles. The summed E-state index contributed by atoms with van der Waals surface area (Å²) in [7, 11) is 0. The Morgan fingerprint density at radius 3 is 2.86 bits per heavy atom. The molecule has 1 saturated carbocycles. The highest BCUT2D eigenvalue weighted by Gasteiger charge is 2.28. The molecule has 21 heavy (non-hydrogen) atoms. The molecule has 1 atom stereocenters. The average molecular weight is 309 g/mol. The number of carbonyl (C=O) groups excluding carboxylic acids is 1. The predicted molar refractivity (Wildman–Crippen MR) is 83.8 cm³/mol. The van der Waals surface area contributed by atoms with Gasteiger partial charge in [0, 0.05) is 24.5 Å². The summed E-state index contributed by atoms with van der Waals surface area (Å²) < 4.78 is 0. The molecule has 6 nitrogen and oxygen atoms in total. The van der Waals surface area contributed by atoms with Crippen molar-refractivity contribution in [2.24, 2.45) is 0 Å². The number of likely N-dealkylation sites (tertiary alicyclic amines) is 1. The van der Waals surface area contributed by atoms with E-state index in [-0.39, 0.29) is 12.1 Å². The Labute approximate surface area is 129 Å². The van der Waals surface area contributed by atoms with Gasteiger partial charge in [0.15, 0.2) is 0 Å². The zero-order chi connectivity index (χ0) is 14.8. The first kappa shape index (κ1) is 14.7. The fraction of sp³-hybridized carbons (Fsp3) is 0.786. The Morgan fingerprint density at radius 2 is 2.14 bits per heavy atom. The third kappa shape index (κ3) is 3.91. The van der Waals surface area contributed by atoms with Gasteiger partial charge in [-0.1, -0.05) is 11.3 Å². The van der Waals surface area contributed by atoms with Crippen LogP contribution in [-0.4, -0.2) is 46.3 Å². The smallest absolute Gasteiger partial charge is 0.321 e. The summed E-state index contributed by atoms with van der Waals surface area (Å²) in [5.41, 5.74) is 0. The normalized spacial score (nSPS) is 23.3. The van der Waals surface area contributed by atoms with E-state index in [1.165, 1.54) is 24.2 Å². The SMILES string of the molecule is CC(C)N1CCC[C@@H](NC(=O)Nc2nnc(C3CC3)s2)C1. The van der Waals surface area contributed by atoms with Crippen LogP contribution in [0.25, 0.3) is 0 Å². The van der Waals surface area contributed by atoms with E-state index in [0.29, 0.717) is 17.1 Å². The number of nitrogens with one attached hydrogen (secondary N) is 2. The van der Waals surface area contributed by atoms with Crippen LogP contribution in [0.5, 0.6) is 0 Å². The molecule has 7 heteroatoms. The number of piperidine rings is 1. The van der Waals surface area contributed by atoms with Crippen molar-refractivity contribution in [3.05, 3.63) is 5.01 Å². The lowest BCUT2D eigenvalue weighted by Gasteiger charge is -2.35. The van der Waals surface area contributed by atoms with E-state index in [2.05, 4.69) is 39.6 Å². The highest BCUT2D eigenvalue weighted by molar-refractivity contribution is 7.15. The number of nitrogens with zero attached hydrogens (tertiary/aromatic N) is 3. The molecule has 1 aromatic heterocycles. The number of aromatic nitrogens is 2. The molecule has 1 saturated heterocycles. The summed E-state index contributed by atoms with van der Waals surface area (Å²) in [5.74, 6) is 0.582. The van der Waals surface area contributed by atoms with Crippen molar-refractivity contribution < 1.29 is 4.79 Å². The molecule has 1 aliphatic carbocycles. The third-order valence-corrected chi connectivity index (χ3v) is 5.11. The van der Waals surface area contributed by atoms with Gasteiger partial charge in [0.05, 0.1) is 0 Å². The van der Waals surface area contributed by atoms with Crippen molar-refractivity contribution >= 4 is 22.5 Å². The molecule has 2 N–H and O–H groups in total. The molecule has 0 bridgehead atoms. The summed E-state index contributed by atoms with van der Waals surface area (Å²) >= 11 is 1.49. The molecule has 2 aliphatic rings. The van der Waals surface area contributed by atoms with Crippen molar-refractivity contribution in [3.8, 4) is 0 Å². The zero-order valence-electron chi connectivity index (χ0n) is 12.6. The first-order chi connectivity index (χ1) is 10.1. The van der Waals surface area contributed by atoms with Gasteiger partial charge in [0.1, 0.15) is 5.01 Å².